The average Bonchev–Trinajstić information content (AvgIpc) is 3.03. The molecule has 0 unspecified atom stereocenters. The van der Waals surface area contributed by atoms with E-state index in [9.17, 15) is 4.79 Å². The molecule has 114 valence electrons. The molecule has 1 amide bonds. The molecule has 7 heteroatoms. The third-order valence-electron chi connectivity index (χ3n) is 2.90. The molecular formula is C16H11ClN4O2. The molecule has 1 aromatic carbocycles. The number of nitrogens with one attached hydrogen (secondary N) is 1. The lowest BCUT2D eigenvalue weighted by molar-refractivity contribution is -0.112. The van der Waals surface area contributed by atoms with Crippen LogP contribution in [0.4, 0.5) is 6.01 Å². The number of pyridine rings is 1. The number of rotatable bonds is 4. The minimum Gasteiger partial charge on any atom is -0.403 e. The summed E-state index contributed by atoms with van der Waals surface area (Å²) in [5.74, 6) is -0.0902. The SMILES string of the molecule is O=C(/C=C/c1ccccc1Cl)Nc1nnc(-c2ccncc2)o1. The Hall–Kier alpha value is -2.99. The number of hydrogen-bond acceptors (Lipinski definition) is 5. The van der Waals surface area contributed by atoms with E-state index in [-0.39, 0.29) is 6.01 Å². The van der Waals surface area contributed by atoms with Crippen LogP contribution in [0.1, 0.15) is 5.56 Å². The van der Waals surface area contributed by atoms with Gasteiger partial charge in [0, 0.05) is 29.1 Å². The van der Waals surface area contributed by atoms with Gasteiger partial charge in [-0.15, -0.1) is 5.10 Å². The van der Waals surface area contributed by atoms with Crippen LogP contribution in [0.2, 0.25) is 5.02 Å². The number of carbonyl (C=O) groups is 1. The van der Waals surface area contributed by atoms with Gasteiger partial charge in [0.1, 0.15) is 0 Å². The summed E-state index contributed by atoms with van der Waals surface area (Å²) >= 11 is 6.01. The molecule has 0 spiro atoms. The lowest BCUT2D eigenvalue weighted by Gasteiger charge is -1.97. The van der Waals surface area contributed by atoms with Gasteiger partial charge in [0.15, 0.2) is 0 Å². The third-order valence-corrected chi connectivity index (χ3v) is 3.25. The summed E-state index contributed by atoms with van der Waals surface area (Å²) in [4.78, 5) is 15.8. The molecule has 2 heterocycles. The van der Waals surface area contributed by atoms with Crippen LogP contribution in [-0.2, 0) is 4.79 Å². The summed E-state index contributed by atoms with van der Waals surface area (Å²) in [7, 11) is 0. The number of amides is 1. The molecule has 0 radical (unpaired) electrons. The first kappa shape index (κ1) is 14.9. The molecule has 3 aromatic rings. The number of carbonyl (C=O) groups excluding carboxylic acids is 1. The molecule has 23 heavy (non-hydrogen) atoms. The predicted octanol–water partition coefficient (Wildman–Crippen LogP) is 3.44. The van der Waals surface area contributed by atoms with Gasteiger partial charge in [-0.25, -0.2) is 0 Å². The number of halogens is 1. The van der Waals surface area contributed by atoms with Gasteiger partial charge in [-0.1, -0.05) is 34.9 Å². The fourth-order valence-electron chi connectivity index (χ4n) is 1.81. The van der Waals surface area contributed by atoms with Crippen molar-refractivity contribution in [2.24, 2.45) is 0 Å². The van der Waals surface area contributed by atoms with Gasteiger partial charge in [-0.2, -0.15) is 0 Å². The molecule has 0 fully saturated rings. The lowest BCUT2D eigenvalue weighted by Crippen LogP contribution is -2.07. The van der Waals surface area contributed by atoms with E-state index in [0.717, 1.165) is 11.1 Å². The number of nitrogens with zero attached hydrogens (tertiary/aromatic N) is 3. The number of benzene rings is 1. The van der Waals surface area contributed by atoms with Crippen LogP contribution in [0.15, 0.2) is 59.3 Å². The molecule has 2 aromatic heterocycles. The molecule has 0 bridgehead atoms. The van der Waals surface area contributed by atoms with Crippen molar-refractivity contribution in [3.63, 3.8) is 0 Å². The molecule has 1 N–H and O–H groups in total. The zero-order valence-electron chi connectivity index (χ0n) is 11.8. The van der Waals surface area contributed by atoms with Crippen LogP contribution in [0.3, 0.4) is 0 Å². The zero-order valence-corrected chi connectivity index (χ0v) is 12.6. The second-order valence-electron chi connectivity index (χ2n) is 4.49. The Balaban J connectivity index is 1.67. The Labute approximate surface area is 136 Å². The summed E-state index contributed by atoms with van der Waals surface area (Å²) in [5, 5.41) is 10.7. The van der Waals surface area contributed by atoms with Gasteiger partial charge in [0.2, 0.25) is 5.89 Å². The van der Waals surface area contributed by atoms with Crippen LogP contribution in [0.5, 0.6) is 0 Å². The highest BCUT2D eigenvalue weighted by Crippen LogP contribution is 2.19. The molecule has 6 nitrogen and oxygen atoms in total. The lowest BCUT2D eigenvalue weighted by atomic mass is 10.2. The maximum Gasteiger partial charge on any atom is 0.322 e. The fourth-order valence-corrected chi connectivity index (χ4v) is 2.01. The van der Waals surface area contributed by atoms with Crippen molar-refractivity contribution in [3.05, 3.63) is 65.5 Å². The monoisotopic (exact) mass is 326 g/mol. The van der Waals surface area contributed by atoms with E-state index < -0.39 is 5.91 Å². The molecule has 3 rings (SSSR count). The normalized spacial score (nSPS) is 10.8. The summed E-state index contributed by atoms with van der Waals surface area (Å²) in [6.07, 6.45) is 6.18. The van der Waals surface area contributed by atoms with Crippen molar-refractivity contribution < 1.29 is 9.21 Å². The zero-order chi connectivity index (χ0) is 16.1. The Kier molecular flexibility index (Phi) is 4.44. The highest BCUT2D eigenvalue weighted by Gasteiger charge is 2.09. The van der Waals surface area contributed by atoms with Crippen molar-refractivity contribution >= 4 is 29.6 Å². The topological polar surface area (TPSA) is 80.9 Å². The Morgan fingerprint density at radius 3 is 2.70 bits per heavy atom. The van der Waals surface area contributed by atoms with Crippen LogP contribution < -0.4 is 5.32 Å². The summed E-state index contributed by atoms with van der Waals surface area (Å²) in [6, 6.07) is 10.7. The van der Waals surface area contributed by atoms with E-state index in [2.05, 4.69) is 20.5 Å². The van der Waals surface area contributed by atoms with E-state index in [1.165, 1.54) is 6.08 Å². The highest BCUT2D eigenvalue weighted by atomic mass is 35.5. The van der Waals surface area contributed by atoms with E-state index in [4.69, 9.17) is 16.0 Å². The standard InChI is InChI=1S/C16H11ClN4O2/c17-13-4-2-1-3-11(13)5-6-14(22)19-16-21-20-15(23-16)12-7-9-18-10-8-12/h1-10H,(H,19,21,22)/b6-5+. The van der Waals surface area contributed by atoms with Gasteiger partial charge in [0.05, 0.1) is 0 Å². The van der Waals surface area contributed by atoms with Crippen molar-refractivity contribution in [2.45, 2.75) is 0 Å². The molecule has 0 aliphatic carbocycles. The average molecular weight is 327 g/mol. The first-order chi connectivity index (χ1) is 11.2. The third kappa shape index (κ3) is 3.81. The largest absolute Gasteiger partial charge is 0.403 e. The molecule has 0 aliphatic heterocycles. The molecule has 0 atom stereocenters. The van der Waals surface area contributed by atoms with Crippen molar-refractivity contribution in [1.82, 2.24) is 15.2 Å². The maximum atomic E-state index is 11.9. The van der Waals surface area contributed by atoms with E-state index >= 15 is 0 Å². The molecular weight excluding hydrogens is 316 g/mol. The summed E-state index contributed by atoms with van der Waals surface area (Å²) in [5.41, 5.74) is 1.46. The highest BCUT2D eigenvalue weighted by molar-refractivity contribution is 6.32. The van der Waals surface area contributed by atoms with Crippen LogP contribution in [0, 0.1) is 0 Å². The van der Waals surface area contributed by atoms with Crippen molar-refractivity contribution in [3.8, 4) is 11.5 Å². The number of anilines is 1. The summed E-state index contributed by atoms with van der Waals surface area (Å²) < 4.78 is 5.37. The van der Waals surface area contributed by atoms with Gasteiger partial charge >= 0.3 is 6.01 Å². The molecule has 0 saturated carbocycles. The maximum absolute atomic E-state index is 11.9. The Morgan fingerprint density at radius 2 is 1.91 bits per heavy atom. The molecule has 0 aliphatic rings. The predicted molar refractivity (Wildman–Crippen MR) is 86.6 cm³/mol. The van der Waals surface area contributed by atoms with Crippen molar-refractivity contribution in [1.29, 1.82) is 0 Å². The minimum absolute atomic E-state index is 0.0191. The van der Waals surface area contributed by atoms with Gasteiger partial charge in [-0.3, -0.25) is 15.1 Å². The second-order valence-corrected chi connectivity index (χ2v) is 4.90. The van der Waals surface area contributed by atoms with Gasteiger partial charge in [0.25, 0.3) is 5.91 Å². The Morgan fingerprint density at radius 1 is 1.13 bits per heavy atom. The van der Waals surface area contributed by atoms with Gasteiger partial charge in [-0.05, 0) is 29.8 Å². The second kappa shape index (κ2) is 6.85. The minimum atomic E-state index is -0.394. The molecule has 0 saturated heterocycles. The van der Waals surface area contributed by atoms with E-state index in [1.54, 1.807) is 42.7 Å². The quantitative estimate of drug-likeness (QED) is 0.743. The van der Waals surface area contributed by atoms with Crippen molar-refractivity contribution in [2.75, 3.05) is 5.32 Å². The smallest absolute Gasteiger partial charge is 0.322 e. The van der Waals surface area contributed by atoms with E-state index in [0.29, 0.717) is 10.9 Å². The Bertz CT molecular complexity index is 846. The van der Waals surface area contributed by atoms with Crippen LogP contribution >= 0.6 is 11.6 Å². The van der Waals surface area contributed by atoms with Gasteiger partial charge < -0.3 is 4.42 Å². The summed E-state index contributed by atoms with van der Waals surface area (Å²) in [6.45, 7) is 0. The van der Waals surface area contributed by atoms with Crippen LogP contribution in [-0.4, -0.2) is 21.1 Å². The first-order valence-electron chi connectivity index (χ1n) is 6.70. The van der Waals surface area contributed by atoms with Crippen LogP contribution in [0.25, 0.3) is 17.5 Å². The first-order valence-corrected chi connectivity index (χ1v) is 7.07. The fraction of sp³-hybridized carbons (Fsp3) is 0. The number of hydrogen-bond donors (Lipinski definition) is 1. The number of aromatic nitrogens is 3. The van der Waals surface area contributed by atoms with E-state index in [1.807, 2.05) is 12.1 Å².